The van der Waals surface area contributed by atoms with E-state index in [0.717, 1.165) is 13.7 Å². The van der Waals surface area contributed by atoms with E-state index in [1.165, 1.54) is 12.3 Å². The second kappa shape index (κ2) is 5.75. The normalized spacial score (nSPS) is 10.3. The first-order valence-corrected chi connectivity index (χ1v) is 6.93. The molecule has 2 rings (SSSR count). The van der Waals surface area contributed by atoms with Gasteiger partial charge >= 0.3 is 5.97 Å². The van der Waals surface area contributed by atoms with Crippen molar-refractivity contribution in [2.45, 2.75) is 6.54 Å². The number of carboxylic acids is 1. The van der Waals surface area contributed by atoms with E-state index in [9.17, 15) is 4.79 Å². The van der Waals surface area contributed by atoms with Gasteiger partial charge in [0.15, 0.2) is 0 Å². The molecule has 0 aliphatic rings. The SMILES string of the molecule is O=C(O)c1ccoc1CNc1ccc(I)cc1Br. The highest BCUT2D eigenvalue weighted by Gasteiger charge is 2.13. The zero-order valence-electron chi connectivity index (χ0n) is 9.11. The van der Waals surface area contributed by atoms with Crippen molar-refractivity contribution >= 4 is 50.2 Å². The van der Waals surface area contributed by atoms with Crippen molar-refractivity contribution in [1.82, 2.24) is 0 Å². The molecule has 4 nitrogen and oxygen atoms in total. The molecule has 0 fully saturated rings. The van der Waals surface area contributed by atoms with Crippen LogP contribution >= 0.6 is 38.5 Å². The van der Waals surface area contributed by atoms with E-state index in [-0.39, 0.29) is 5.56 Å². The summed E-state index contributed by atoms with van der Waals surface area (Å²) in [6.07, 6.45) is 1.38. The minimum absolute atomic E-state index is 0.184. The number of aromatic carboxylic acids is 1. The standard InChI is InChI=1S/C12H9BrINO3/c13-9-5-7(14)1-2-10(9)15-6-11-8(12(16)17)3-4-18-11/h1-5,15H,6H2,(H,16,17). The van der Waals surface area contributed by atoms with Crippen molar-refractivity contribution in [3.63, 3.8) is 0 Å². The predicted molar refractivity (Wildman–Crippen MR) is 79.9 cm³/mol. The molecule has 1 aromatic heterocycles. The minimum Gasteiger partial charge on any atom is -0.478 e. The van der Waals surface area contributed by atoms with Gasteiger partial charge in [-0.25, -0.2) is 4.79 Å². The molecule has 0 unspecified atom stereocenters. The number of carboxylic acid groups (broad SMARTS) is 1. The Morgan fingerprint density at radius 1 is 1.44 bits per heavy atom. The first-order chi connectivity index (χ1) is 8.58. The van der Waals surface area contributed by atoms with Crippen molar-refractivity contribution in [1.29, 1.82) is 0 Å². The van der Waals surface area contributed by atoms with Gasteiger partial charge in [0.1, 0.15) is 11.3 Å². The molecular formula is C12H9BrINO3. The van der Waals surface area contributed by atoms with Crippen LogP contribution in [0.2, 0.25) is 0 Å². The van der Waals surface area contributed by atoms with Crippen LogP contribution in [-0.4, -0.2) is 11.1 Å². The Morgan fingerprint density at radius 2 is 2.22 bits per heavy atom. The van der Waals surface area contributed by atoms with E-state index in [4.69, 9.17) is 9.52 Å². The Balaban J connectivity index is 2.11. The molecule has 6 heteroatoms. The van der Waals surface area contributed by atoms with Gasteiger partial charge in [0.25, 0.3) is 0 Å². The number of carbonyl (C=O) groups is 1. The molecule has 0 saturated carbocycles. The smallest absolute Gasteiger partial charge is 0.339 e. The van der Waals surface area contributed by atoms with Gasteiger partial charge < -0.3 is 14.8 Å². The van der Waals surface area contributed by atoms with E-state index in [1.54, 1.807) is 0 Å². The lowest BCUT2D eigenvalue weighted by Crippen LogP contribution is -2.05. The number of benzene rings is 1. The van der Waals surface area contributed by atoms with Crippen LogP contribution in [0.15, 0.2) is 39.4 Å². The molecule has 0 radical (unpaired) electrons. The van der Waals surface area contributed by atoms with E-state index in [2.05, 4.69) is 43.8 Å². The summed E-state index contributed by atoms with van der Waals surface area (Å²) in [6.45, 7) is 0.327. The van der Waals surface area contributed by atoms with Crippen LogP contribution in [-0.2, 0) is 6.54 Å². The Kier molecular flexibility index (Phi) is 4.28. The second-order valence-electron chi connectivity index (χ2n) is 3.54. The van der Waals surface area contributed by atoms with Crippen LogP contribution in [0, 0.1) is 3.57 Å². The van der Waals surface area contributed by atoms with E-state index in [1.807, 2.05) is 18.2 Å². The Bertz CT molecular complexity index is 582. The van der Waals surface area contributed by atoms with Crippen LogP contribution in [0.1, 0.15) is 16.1 Å². The lowest BCUT2D eigenvalue weighted by Gasteiger charge is -2.07. The summed E-state index contributed by atoms with van der Waals surface area (Å²) in [5, 5.41) is 12.1. The molecule has 0 aliphatic carbocycles. The molecule has 1 heterocycles. The first-order valence-electron chi connectivity index (χ1n) is 5.06. The molecule has 94 valence electrons. The van der Waals surface area contributed by atoms with E-state index in [0.29, 0.717) is 12.3 Å². The van der Waals surface area contributed by atoms with Crippen molar-refractivity contribution < 1.29 is 14.3 Å². The maximum atomic E-state index is 10.9. The van der Waals surface area contributed by atoms with Gasteiger partial charge in [-0.1, -0.05) is 0 Å². The van der Waals surface area contributed by atoms with Crippen LogP contribution in [0.5, 0.6) is 0 Å². The fourth-order valence-electron chi connectivity index (χ4n) is 1.48. The van der Waals surface area contributed by atoms with Crippen LogP contribution in [0.25, 0.3) is 0 Å². The highest BCUT2D eigenvalue weighted by Crippen LogP contribution is 2.25. The lowest BCUT2D eigenvalue weighted by atomic mass is 10.2. The highest BCUT2D eigenvalue weighted by molar-refractivity contribution is 14.1. The van der Waals surface area contributed by atoms with Crippen LogP contribution < -0.4 is 5.32 Å². The molecule has 0 atom stereocenters. The van der Waals surface area contributed by atoms with Gasteiger partial charge in [0, 0.05) is 13.7 Å². The van der Waals surface area contributed by atoms with Gasteiger partial charge in [0.05, 0.1) is 12.8 Å². The molecule has 0 spiro atoms. The van der Waals surface area contributed by atoms with Gasteiger partial charge in [-0.3, -0.25) is 0 Å². The van der Waals surface area contributed by atoms with E-state index < -0.39 is 5.97 Å². The molecular weight excluding hydrogens is 413 g/mol. The summed E-state index contributed by atoms with van der Waals surface area (Å²) < 4.78 is 7.20. The van der Waals surface area contributed by atoms with Gasteiger partial charge in [-0.05, 0) is 62.8 Å². The molecule has 18 heavy (non-hydrogen) atoms. The quantitative estimate of drug-likeness (QED) is 0.733. The molecule has 0 aliphatic heterocycles. The monoisotopic (exact) mass is 421 g/mol. The summed E-state index contributed by atoms with van der Waals surface area (Å²) in [5.41, 5.74) is 1.08. The molecule has 0 bridgehead atoms. The molecule has 2 aromatic rings. The fraction of sp³-hybridized carbons (Fsp3) is 0.0833. The third-order valence-electron chi connectivity index (χ3n) is 2.35. The van der Waals surface area contributed by atoms with Gasteiger partial charge in [-0.2, -0.15) is 0 Å². The number of rotatable bonds is 4. The highest BCUT2D eigenvalue weighted by atomic mass is 127. The second-order valence-corrected chi connectivity index (χ2v) is 5.64. The average molecular weight is 422 g/mol. The zero-order valence-corrected chi connectivity index (χ0v) is 12.9. The Labute approximate surface area is 126 Å². The third kappa shape index (κ3) is 3.05. The Hall–Kier alpha value is -1.02. The number of hydrogen-bond donors (Lipinski definition) is 2. The van der Waals surface area contributed by atoms with Gasteiger partial charge in [0.2, 0.25) is 0 Å². The van der Waals surface area contributed by atoms with E-state index >= 15 is 0 Å². The van der Waals surface area contributed by atoms with Crippen molar-refractivity contribution in [3.8, 4) is 0 Å². The third-order valence-corrected chi connectivity index (χ3v) is 3.67. The molecule has 0 saturated heterocycles. The predicted octanol–water partition coefficient (Wildman–Crippen LogP) is 3.96. The fourth-order valence-corrected chi connectivity index (χ4v) is 2.91. The summed E-state index contributed by atoms with van der Waals surface area (Å²) in [7, 11) is 0. The van der Waals surface area contributed by atoms with Gasteiger partial charge in [-0.15, -0.1) is 0 Å². The van der Waals surface area contributed by atoms with Crippen molar-refractivity contribution in [2.24, 2.45) is 0 Å². The number of halogens is 2. The minimum atomic E-state index is -0.984. The number of anilines is 1. The number of furan rings is 1. The topological polar surface area (TPSA) is 62.5 Å². The average Bonchev–Trinajstić information content (AvgIpc) is 2.76. The summed E-state index contributed by atoms with van der Waals surface area (Å²) >= 11 is 5.67. The zero-order chi connectivity index (χ0) is 13.1. The summed E-state index contributed by atoms with van der Waals surface area (Å²) in [4.78, 5) is 10.9. The first kappa shape index (κ1) is 13.4. The van der Waals surface area contributed by atoms with Crippen molar-refractivity contribution in [2.75, 3.05) is 5.32 Å². The molecule has 1 aromatic carbocycles. The molecule has 2 N–H and O–H groups in total. The summed E-state index contributed by atoms with van der Waals surface area (Å²) in [6, 6.07) is 7.31. The lowest BCUT2D eigenvalue weighted by molar-refractivity contribution is 0.0694. The number of hydrogen-bond acceptors (Lipinski definition) is 3. The largest absolute Gasteiger partial charge is 0.478 e. The van der Waals surface area contributed by atoms with Crippen LogP contribution in [0.4, 0.5) is 5.69 Å². The maximum absolute atomic E-state index is 10.9. The molecule has 0 amide bonds. The summed E-state index contributed by atoms with van der Waals surface area (Å²) in [5.74, 6) is -0.574. The maximum Gasteiger partial charge on any atom is 0.339 e. The van der Waals surface area contributed by atoms with Crippen LogP contribution in [0.3, 0.4) is 0 Å². The Morgan fingerprint density at radius 3 is 2.89 bits per heavy atom. The number of nitrogens with one attached hydrogen (secondary N) is 1. The van der Waals surface area contributed by atoms with Crippen molar-refractivity contribution in [3.05, 3.63) is 49.9 Å².